The Morgan fingerprint density at radius 2 is 1.59 bits per heavy atom. The van der Waals surface area contributed by atoms with E-state index in [1.165, 1.54) is 41.3 Å². The van der Waals surface area contributed by atoms with Crippen molar-refractivity contribution in [1.29, 1.82) is 0 Å². The van der Waals surface area contributed by atoms with Crippen molar-refractivity contribution in [3.05, 3.63) is 94.3 Å². The third-order valence-corrected chi connectivity index (χ3v) is 8.84. The highest BCUT2D eigenvalue weighted by Crippen LogP contribution is 2.27. The standard InChI is InChI=1S/C31H37ClFN3O4S/c1-6-29(31(38)34-18-21(2)3)35(19-24-8-12-26(33)13-9-24)30(37)20-36(27-14-7-22(4)23(5)17-27)41(39,40)28-15-10-25(32)11-16-28/h7-17,21,29H,6,18-20H2,1-5H3,(H,34,38)/t29-/m1/s1. The number of rotatable bonds is 12. The number of benzene rings is 3. The Morgan fingerprint density at radius 3 is 2.15 bits per heavy atom. The first-order chi connectivity index (χ1) is 19.3. The molecule has 0 radical (unpaired) electrons. The van der Waals surface area contributed by atoms with Crippen LogP contribution in [-0.4, -0.2) is 44.3 Å². The molecule has 0 aromatic heterocycles. The number of anilines is 1. The van der Waals surface area contributed by atoms with E-state index in [1.54, 1.807) is 37.3 Å². The second kappa shape index (κ2) is 14.0. The molecule has 0 aliphatic rings. The van der Waals surface area contributed by atoms with E-state index in [0.29, 0.717) is 29.2 Å². The van der Waals surface area contributed by atoms with Crippen LogP contribution in [0.1, 0.15) is 43.9 Å². The van der Waals surface area contributed by atoms with Gasteiger partial charge in [0.2, 0.25) is 11.8 Å². The molecule has 0 spiro atoms. The van der Waals surface area contributed by atoms with E-state index in [4.69, 9.17) is 11.6 Å². The van der Waals surface area contributed by atoms with Gasteiger partial charge in [-0.2, -0.15) is 0 Å². The number of hydrogen-bond acceptors (Lipinski definition) is 4. The van der Waals surface area contributed by atoms with Crippen molar-refractivity contribution in [2.45, 2.75) is 58.5 Å². The molecular weight excluding hydrogens is 565 g/mol. The normalized spacial score (nSPS) is 12.2. The lowest BCUT2D eigenvalue weighted by Crippen LogP contribution is -2.52. The van der Waals surface area contributed by atoms with Gasteiger partial charge in [-0.05, 0) is 91.4 Å². The van der Waals surface area contributed by atoms with Crippen LogP contribution in [0, 0.1) is 25.6 Å². The van der Waals surface area contributed by atoms with E-state index in [9.17, 15) is 22.4 Å². The molecule has 0 saturated carbocycles. The molecule has 1 atom stereocenters. The van der Waals surface area contributed by atoms with Gasteiger partial charge < -0.3 is 10.2 Å². The van der Waals surface area contributed by atoms with Gasteiger partial charge in [0.15, 0.2) is 0 Å². The molecule has 1 N–H and O–H groups in total. The Hall–Kier alpha value is -3.43. The first-order valence-electron chi connectivity index (χ1n) is 13.5. The van der Waals surface area contributed by atoms with Crippen LogP contribution in [0.15, 0.2) is 71.6 Å². The molecule has 0 bridgehead atoms. The summed E-state index contributed by atoms with van der Waals surface area (Å²) in [6.45, 7) is 9.35. The second-order valence-electron chi connectivity index (χ2n) is 10.4. The zero-order valence-electron chi connectivity index (χ0n) is 24.0. The Kier molecular flexibility index (Phi) is 10.9. The molecular formula is C31H37ClFN3O4S. The number of halogens is 2. The summed E-state index contributed by atoms with van der Waals surface area (Å²) in [6, 6.07) is 15.7. The van der Waals surface area contributed by atoms with Gasteiger partial charge in [0.05, 0.1) is 10.6 Å². The molecule has 0 heterocycles. The Bertz CT molecular complexity index is 1460. The van der Waals surface area contributed by atoms with Gasteiger partial charge in [-0.1, -0.05) is 50.6 Å². The number of hydrogen-bond donors (Lipinski definition) is 1. The molecule has 0 aliphatic carbocycles. The number of nitrogens with zero attached hydrogens (tertiary/aromatic N) is 2. The number of aryl methyl sites for hydroxylation is 2. The highest BCUT2D eigenvalue weighted by atomic mass is 35.5. The molecule has 0 unspecified atom stereocenters. The van der Waals surface area contributed by atoms with E-state index in [2.05, 4.69) is 5.32 Å². The van der Waals surface area contributed by atoms with E-state index in [0.717, 1.165) is 15.4 Å². The summed E-state index contributed by atoms with van der Waals surface area (Å²) in [5.41, 5.74) is 2.74. The molecule has 220 valence electrons. The third-order valence-electron chi connectivity index (χ3n) is 6.80. The average Bonchev–Trinajstić information content (AvgIpc) is 2.93. The Balaban J connectivity index is 2.06. The third kappa shape index (κ3) is 8.30. The first kappa shape index (κ1) is 32.1. The largest absolute Gasteiger partial charge is 0.354 e. The zero-order chi connectivity index (χ0) is 30.3. The van der Waals surface area contributed by atoms with Crippen LogP contribution < -0.4 is 9.62 Å². The SMILES string of the molecule is CC[C@H](C(=O)NCC(C)C)N(Cc1ccc(F)cc1)C(=O)CN(c1ccc(C)c(C)c1)S(=O)(=O)c1ccc(Cl)cc1. The maximum absolute atomic E-state index is 14.1. The van der Waals surface area contributed by atoms with Gasteiger partial charge in [-0.3, -0.25) is 13.9 Å². The number of carbonyl (C=O) groups excluding carboxylic acids is 2. The second-order valence-corrected chi connectivity index (χ2v) is 12.7. The maximum Gasteiger partial charge on any atom is 0.264 e. The van der Waals surface area contributed by atoms with Crippen molar-refractivity contribution >= 4 is 39.1 Å². The molecule has 10 heteroatoms. The molecule has 0 aliphatic heterocycles. The fraction of sp³-hybridized carbons (Fsp3) is 0.355. The highest BCUT2D eigenvalue weighted by molar-refractivity contribution is 7.92. The maximum atomic E-state index is 14.1. The monoisotopic (exact) mass is 601 g/mol. The molecule has 0 fully saturated rings. The predicted octanol–water partition coefficient (Wildman–Crippen LogP) is 5.87. The number of sulfonamides is 1. The molecule has 0 saturated heterocycles. The number of amides is 2. The van der Waals surface area contributed by atoms with Crippen molar-refractivity contribution < 1.29 is 22.4 Å². The molecule has 41 heavy (non-hydrogen) atoms. The minimum Gasteiger partial charge on any atom is -0.354 e. The van der Waals surface area contributed by atoms with Gasteiger partial charge in [0.25, 0.3) is 10.0 Å². The van der Waals surface area contributed by atoms with Gasteiger partial charge in [0, 0.05) is 18.1 Å². The molecule has 3 aromatic carbocycles. The molecule has 7 nitrogen and oxygen atoms in total. The zero-order valence-corrected chi connectivity index (χ0v) is 25.6. The van der Waals surface area contributed by atoms with E-state index < -0.39 is 34.3 Å². The fourth-order valence-corrected chi connectivity index (χ4v) is 5.80. The quantitative estimate of drug-likeness (QED) is 0.281. The highest BCUT2D eigenvalue weighted by Gasteiger charge is 2.33. The van der Waals surface area contributed by atoms with E-state index >= 15 is 0 Å². The van der Waals surface area contributed by atoms with Gasteiger partial charge in [-0.15, -0.1) is 0 Å². The summed E-state index contributed by atoms with van der Waals surface area (Å²) >= 11 is 6.00. The van der Waals surface area contributed by atoms with Crippen LogP contribution >= 0.6 is 11.6 Å². The summed E-state index contributed by atoms with van der Waals surface area (Å²) < 4.78 is 42.6. The summed E-state index contributed by atoms with van der Waals surface area (Å²) in [7, 11) is -4.20. The lowest BCUT2D eigenvalue weighted by atomic mass is 10.1. The summed E-state index contributed by atoms with van der Waals surface area (Å²) in [4.78, 5) is 28.7. The topological polar surface area (TPSA) is 86.8 Å². The van der Waals surface area contributed by atoms with Crippen LogP contribution in [0.2, 0.25) is 5.02 Å². The van der Waals surface area contributed by atoms with Crippen LogP contribution in [0.5, 0.6) is 0 Å². The molecule has 3 aromatic rings. The Labute approximate surface area is 247 Å². The summed E-state index contributed by atoms with van der Waals surface area (Å²) in [5.74, 6) is -1.14. The minimum atomic E-state index is -4.20. The fourth-order valence-electron chi connectivity index (χ4n) is 4.27. The summed E-state index contributed by atoms with van der Waals surface area (Å²) in [6.07, 6.45) is 0.296. The van der Waals surface area contributed by atoms with Crippen molar-refractivity contribution in [3.8, 4) is 0 Å². The van der Waals surface area contributed by atoms with Crippen molar-refractivity contribution in [2.75, 3.05) is 17.4 Å². The number of nitrogens with one attached hydrogen (secondary N) is 1. The van der Waals surface area contributed by atoms with Gasteiger partial charge in [0.1, 0.15) is 18.4 Å². The number of carbonyl (C=O) groups is 2. The predicted molar refractivity (Wildman–Crippen MR) is 161 cm³/mol. The van der Waals surface area contributed by atoms with E-state index in [-0.39, 0.29) is 23.3 Å². The van der Waals surface area contributed by atoms with Gasteiger partial charge >= 0.3 is 0 Å². The smallest absolute Gasteiger partial charge is 0.264 e. The van der Waals surface area contributed by atoms with Crippen molar-refractivity contribution in [3.63, 3.8) is 0 Å². The lowest BCUT2D eigenvalue weighted by molar-refractivity contribution is -0.140. The lowest BCUT2D eigenvalue weighted by Gasteiger charge is -2.33. The van der Waals surface area contributed by atoms with Crippen LogP contribution in [0.25, 0.3) is 0 Å². The Morgan fingerprint density at radius 1 is 0.951 bits per heavy atom. The van der Waals surface area contributed by atoms with Gasteiger partial charge in [-0.25, -0.2) is 12.8 Å². The van der Waals surface area contributed by atoms with Crippen LogP contribution in [0.3, 0.4) is 0 Å². The van der Waals surface area contributed by atoms with Crippen molar-refractivity contribution in [1.82, 2.24) is 10.2 Å². The average molecular weight is 602 g/mol. The first-order valence-corrected chi connectivity index (χ1v) is 15.3. The van der Waals surface area contributed by atoms with E-state index in [1.807, 2.05) is 27.7 Å². The molecule has 3 rings (SSSR count). The van der Waals surface area contributed by atoms with Crippen molar-refractivity contribution in [2.24, 2.45) is 5.92 Å². The molecule has 2 amide bonds. The van der Waals surface area contributed by atoms with Crippen LogP contribution in [0.4, 0.5) is 10.1 Å². The summed E-state index contributed by atoms with van der Waals surface area (Å²) in [5, 5.41) is 3.26. The van der Waals surface area contributed by atoms with Crippen LogP contribution in [-0.2, 0) is 26.2 Å². The minimum absolute atomic E-state index is 0.00548.